The van der Waals surface area contributed by atoms with Crippen LogP contribution in [-0.4, -0.2) is 74.9 Å². The summed E-state index contributed by atoms with van der Waals surface area (Å²) in [5, 5.41) is 12.4. The van der Waals surface area contributed by atoms with Crippen molar-refractivity contribution in [2.75, 3.05) is 25.1 Å². The second-order valence-electron chi connectivity index (χ2n) is 13.4. The van der Waals surface area contributed by atoms with Crippen LogP contribution < -0.4 is 16.4 Å². The third kappa shape index (κ3) is 11.3. The van der Waals surface area contributed by atoms with Crippen LogP contribution in [0, 0.1) is 0 Å². The number of carbonyl (C=O) groups excluding carboxylic acids is 4. The molecular formula is C37H45N7O7S. The van der Waals surface area contributed by atoms with E-state index in [2.05, 4.69) is 25.7 Å². The summed E-state index contributed by atoms with van der Waals surface area (Å²) in [5.74, 6) is -1.85. The molecule has 1 fully saturated rings. The number of amides is 2. The van der Waals surface area contributed by atoms with Crippen molar-refractivity contribution in [3.63, 3.8) is 0 Å². The number of hydrogen-bond donors (Lipinski definition) is 3. The van der Waals surface area contributed by atoms with Gasteiger partial charge in [-0.1, -0.05) is 30.3 Å². The highest BCUT2D eigenvalue weighted by Crippen LogP contribution is 2.28. The highest BCUT2D eigenvalue weighted by atomic mass is 32.1. The monoisotopic (exact) mass is 731 g/mol. The Labute approximate surface area is 306 Å². The fraction of sp³-hybridized carbons (Fsp3) is 0.432. The molecule has 1 aromatic carbocycles. The lowest BCUT2D eigenvalue weighted by Gasteiger charge is -2.22. The molecule has 1 saturated heterocycles. The maximum Gasteiger partial charge on any atom is 0.361 e. The molecule has 1 atom stereocenters. The van der Waals surface area contributed by atoms with Gasteiger partial charge in [-0.2, -0.15) is 5.10 Å². The van der Waals surface area contributed by atoms with Gasteiger partial charge < -0.3 is 30.6 Å². The summed E-state index contributed by atoms with van der Waals surface area (Å²) >= 11 is 1.31. The van der Waals surface area contributed by atoms with Crippen molar-refractivity contribution in [2.45, 2.75) is 83.6 Å². The second-order valence-corrected chi connectivity index (χ2v) is 14.3. The van der Waals surface area contributed by atoms with Crippen molar-refractivity contribution in [3.8, 4) is 10.6 Å². The smallest absolute Gasteiger partial charge is 0.361 e. The van der Waals surface area contributed by atoms with Crippen LogP contribution in [0.4, 0.5) is 5.69 Å². The van der Waals surface area contributed by atoms with Gasteiger partial charge in [0.15, 0.2) is 5.69 Å². The minimum Gasteiger partial charge on any atom is -0.461 e. The molecule has 3 aromatic heterocycles. The third-order valence-electron chi connectivity index (χ3n) is 8.09. The molecule has 0 spiro atoms. The number of aryl methyl sites for hydroxylation is 1. The van der Waals surface area contributed by atoms with Crippen LogP contribution in [-0.2, 0) is 36.8 Å². The van der Waals surface area contributed by atoms with Gasteiger partial charge in [-0.25, -0.2) is 9.78 Å². The van der Waals surface area contributed by atoms with E-state index in [0.717, 1.165) is 29.7 Å². The number of hydrogen-bond acceptors (Lipinski definition) is 12. The van der Waals surface area contributed by atoms with Gasteiger partial charge in [0, 0.05) is 55.2 Å². The summed E-state index contributed by atoms with van der Waals surface area (Å²) in [7, 11) is 0. The molecule has 0 aliphatic carbocycles. The van der Waals surface area contributed by atoms with Crippen LogP contribution >= 0.6 is 11.3 Å². The summed E-state index contributed by atoms with van der Waals surface area (Å²) in [6, 6.07) is 12.3. The van der Waals surface area contributed by atoms with Crippen LogP contribution in [0.1, 0.15) is 91.2 Å². The minimum atomic E-state index is -0.825. The zero-order valence-electron chi connectivity index (χ0n) is 29.6. The number of carbonyl (C=O) groups is 4. The highest BCUT2D eigenvalue weighted by molar-refractivity contribution is 7.13. The number of thiazole rings is 1. The van der Waals surface area contributed by atoms with Crippen molar-refractivity contribution < 1.29 is 33.4 Å². The van der Waals surface area contributed by atoms with Crippen LogP contribution in [0.15, 0.2) is 60.2 Å². The Morgan fingerprint density at radius 2 is 1.88 bits per heavy atom. The van der Waals surface area contributed by atoms with Gasteiger partial charge >= 0.3 is 11.9 Å². The van der Waals surface area contributed by atoms with E-state index in [1.54, 1.807) is 43.2 Å². The van der Waals surface area contributed by atoms with Gasteiger partial charge in [-0.15, -0.1) is 11.3 Å². The number of esters is 2. The highest BCUT2D eigenvalue weighted by Gasteiger charge is 2.28. The molecule has 0 radical (unpaired) electrons. The molecule has 4 heterocycles. The van der Waals surface area contributed by atoms with Gasteiger partial charge in [0.05, 0.1) is 17.8 Å². The number of benzene rings is 1. The summed E-state index contributed by atoms with van der Waals surface area (Å²) in [4.78, 5) is 59.9. The molecule has 14 nitrogen and oxygen atoms in total. The Bertz CT molecular complexity index is 1830. The van der Waals surface area contributed by atoms with Gasteiger partial charge in [0.2, 0.25) is 5.91 Å². The van der Waals surface area contributed by atoms with E-state index >= 15 is 0 Å². The van der Waals surface area contributed by atoms with Crippen LogP contribution in [0.3, 0.4) is 0 Å². The predicted molar refractivity (Wildman–Crippen MR) is 195 cm³/mol. The Kier molecular flexibility index (Phi) is 13.2. The first-order valence-corrected chi connectivity index (χ1v) is 18.2. The molecular weight excluding hydrogens is 687 g/mol. The first-order chi connectivity index (χ1) is 24.9. The molecule has 52 heavy (non-hydrogen) atoms. The Morgan fingerprint density at radius 3 is 2.63 bits per heavy atom. The molecule has 0 saturated carbocycles. The molecule has 0 unspecified atom stereocenters. The quantitative estimate of drug-likeness (QED) is 0.112. The molecule has 2 amide bonds. The normalized spacial score (nSPS) is 14.0. The van der Waals surface area contributed by atoms with Crippen molar-refractivity contribution in [1.29, 1.82) is 0 Å². The van der Waals surface area contributed by atoms with Gasteiger partial charge in [-0.05, 0) is 70.6 Å². The number of aromatic nitrogens is 4. The average Bonchev–Trinajstić information content (AvgIpc) is 3.80. The first kappa shape index (κ1) is 38.2. The van der Waals surface area contributed by atoms with E-state index in [9.17, 15) is 19.2 Å². The fourth-order valence-electron chi connectivity index (χ4n) is 5.37. The number of pyridine rings is 1. The first-order valence-electron chi connectivity index (χ1n) is 17.3. The minimum absolute atomic E-state index is 0.0291. The van der Waals surface area contributed by atoms with E-state index in [1.165, 1.54) is 11.3 Å². The van der Waals surface area contributed by atoms with Crippen molar-refractivity contribution in [2.24, 2.45) is 5.73 Å². The molecule has 0 bridgehead atoms. The lowest BCUT2D eigenvalue weighted by atomic mass is 10.1. The van der Waals surface area contributed by atoms with Gasteiger partial charge in [-0.3, -0.25) is 24.0 Å². The van der Waals surface area contributed by atoms with Crippen molar-refractivity contribution in [3.05, 3.63) is 82.9 Å². The number of ether oxygens (including phenoxy) is 3. The molecule has 1 aliphatic heterocycles. The predicted octanol–water partition coefficient (Wildman–Crippen LogP) is 4.86. The second kappa shape index (κ2) is 18.0. The van der Waals surface area contributed by atoms with Crippen LogP contribution in [0.25, 0.3) is 10.6 Å². The van der Waals surface area contributed by atoms with E-state index in [0.29, 0.717) is 37.6 Å². The SMILES string of the molecule is CC(C)(C)OC(=O)c1nn(C2CCOCC2)cc1NC(=O)c1csc(-c2ccnc(CCCNC(=O)[C@H](N)CCC(=O)OCc3ccccc3)c2)n1. The van der Waals surface area contributed by atoms with Gasteiger partial charge in [0.1, 0.15) is 22.9 Å². The molecule has 15 heteroatoms. The summed E-state index contributed by atoms with van der Waals surface area (Å²) in [6.07, 6.45) is 6.24. The summed E-state index contributed by atoms with van der Waals surface area (Å²) in [5.41, 5.74) is 8.20. The number of nitrogens with zero attached hydrogens (tertiary/aromatic N) is 4. The zero-order chi connectivity index (χ0) is 37.1. The van der Waals surface area contributed by atoms with Crippen molar-refractivity contribution >= 4 is 40.8 Å². The largest absolute Gasteiger partial charge is 0.461 e. The summed E-state index contributed by atoms with van der Waals surface area (Å²) < 4.78 is 18.0. The number of anilines is 1. The standard InChI is InChI=1S/C37H45N7O7S/c1-37(2,3)51-36(48)32-29(21-44(43-32)27-14-18-49-19-15-27)41-34(47)30-23-52-35(42-30)25-13-17-39-26(20-25)10-7-16-40-33(46)28(38)11-12-31(45)50-22-24-8-5-4-6-9-24/h4-6,8-9,13,17,20-21,23,27-28H,7,10-12,14-16,18-19,22,38H2,1-3H3,(H,40,46)(H,41,47)/t28-/m1/s1. The average molecular weight is 732 g/mol. The van der Waals surface area contributed by atoms with Crippen LogP contribution in [0.2, 0.25) is 0 Å². The molecule has 4 aromatic rings. The fourth-order valence-corrected chi connectivity index (χ4v) is 6.17. The van der Waals surface area contributed by atoms with E-state index in [4.69, 9.17) is 19.9 Å². The number of nitrogens with one attached hydrogen (secondary N) is 2. The Hall–Kier alpha value is -4.99. The zero-order valence-corrected chi connectivity index (χ0v) is 30.4. The third-order valence-corrected chi connectivity index (χ3v) is 8.98. The van der Waals surface area contributed by atoms with Crippen molar-refractivity contribution in [1.82, 2.24) is 25.1 Å². The topological polar surface area (TPSA) is 190 Å². The van der Waals surface area contributed by atoms with E-state index < -0.39 is 29.5 Å². The molecule has 276 valence electrons. The van der Waals surface area contributed by atoms with Crippen LogP contribution in [0.5, 0.6) is 0 Å². The van der Waals surface area contributed by atoms with E-state index in [1.807, 2.05) is 42.5 Å². The lowest BCUT2D eigenvalue weighted by Crippen LogP contribution is -2.41. The molecule has 5 rings (SSSR count). The van der Waals surface area contributed by atoms with E-state index in [-0.39, 0.29) is 48.5 Å². The van der Waals surface area contributed by atoms with Gasteiger partial charge in [0.25, 0.3) is 5.91 Å². The Morgan fingerprint density at radius 1 is 1.12 bits per heavy atom. The Balaban J connectivity index is 1.11. The number of nitrogens with two attached hydrogens (primary N) is 1. The molecule has 4 N–H and O–H groups in total. The maximum absolute atomic E-state index is 13.4. The summed E-state index contributed by atoms with van der Waals surface area (Å²) in [6.45, 7) is 7.06. The lowest BCUT2D eigenvalue weighted by molar-refractivity contribution is -0.145. The number of rotatable bonds is 15. The maximum atomic E-state index is 13.4. The molecule has 1 aliphatic rings.